The highest BCUT2D eigenvalue weighted by Gasteiger charge is 2.30. The zero-order valence-corrected chi connectivity index (χ0v) is 13.7. The van der Waals surface area contributed by atoms with Crippen molar-refractivity contribution in [1.82, 2.24) is 5.32 Å². The highest BCUT2D eigenvalue weighted by Crippen LogP contribution is 2.25. The first-order chi connectivity index (χ1) is 10.8. The molecule has 2 rings (SSSR count). The zero-order chi connectivity index (χ0) is 17.0. The van der Waals surface area contributed by atoms with Crippen molar-refractivity contribution in [2.24, 2.45) is 5.73 Å². The SMILES string of the molecule is COC(=O)C(C)(C)NC(=O)c1ccc(C2=CC=C(N)CC2)cc1. The van der Waals surface area contributed by atoms with Gasteiger partial charge in [0.05, 0.1) is 7.11 Å². The number of nitrogens with one attached hydrogen (secondary N) is 1. The summed E-state index contributed by atoms with van der Waals surface area (Å²) in [5.41, 5.74) is 8.33. The van der Waals surface area contributed by atoms with Crippen molar-refractivity contribution in [3.8, 4) is 0 Å². The Labute approximate surface area is 136 Å². The Bertz CT molecular complexity index is 670. The molecule has 0 atom stereocenters. The van der Waals surface area contributed by atoms with Crippen LogP contribution in [0.15, 0.2) is 42.1 Å². The third-order valence-electron chi connectivity index (χ3n) is 3.82. The van der Waals surface area contributed by atoms with Crippen LogP contribution in [0.1, 0.15) is 42.6 Å². The maximum absolute atomic E-state index is 12.3. The molecule has 0 fully saturated rings. The van der Waals surface area contributed by atoms with Crippen molar-refractivity contribution in [2.45, 2.75) is 32.2 Å². The maximum Gasteiger partial charge on any atom is 0.330 e. The summed E-state index contributed by atoms with van der Waals surface area (Å²) in [4.78, 5) is 23.9. The number of esters is 1. The Morgan fingerprint density at radius 1 is 1.13 bits per heavy atom. The number of amides is 1. The molecule has 1 aromatic carbocycles. The summed E-state index contributed by atoms with van der Waals surface area (Å²) in [6.45, 7) is 3.21. The van der Waals surface area contributed by atoms with E-state index in [1.807, 2.05) is 24.3 Å². The van der Waals surface area contributed by atoms with Gasteiger partial charge in [-0.1, -0.05) is 18.2 Å². The van der Waals surface area contributed by atoms with Crippen LogP contribution in [0.4, 0.5) is 0 Å². The minimum absolute atomic E-state index is 0.311. The van der Waals surface area contributed by atoms with Crippen LogP contribution in [0.25, 0.3) is 5.57 Å². The number of ether oxygens (including phenoxy) is 1. The molecule has 0 radical (unpaired) electrons. The van der Waals surface area contributed by atoms with Crippen LogP contribution in [-0.2, 0) is 9.53 Å². The molecule has 1 aliphatic carbocycles. The van der Waals surface area contributed by atoms with E-state index in [2.05, 4.69) is 10.1 Å². The normalized spacial score (nSPS) is 14.6. The third kappa shape index (κ3) is 4.00. The van der Waals surface area contributed by atoms with E-state index < -0.39 is 11.5 Å². The largest absolute Gasteiger partial charge is 0.467 e. The summed E-state index contributed by atoms with van der Waals surface area (Å²) >= 11 is 0. The lowest BCUT2D eigenvalue weighted by Gasteiger charge is -2.23. The van der Waals surface area contributed by atoms with Crippen LogP contribution in [0.3, 0.4) is 0 Å². The lowest BCUT2D eigenvalue weighted by Crippen LogP contribution is -2.50. The number of methoxy groups -OCH3 is 1. The van der Waals surface area contributed by atoms with Crippen LogP contribution in [0, 0.1) is 0 Å². The fraction of sp³-hybridized carbons (Fsp3) is 0.333. The summed E-state index contributed by atoms with van der Waals surface area (Å²) in [7, 11) is 1.30. The van der Waals surface area contributed by atoms with Gasteiger partial charge >= 0.3 is 5.97 Å². The maximum atomic E-state index is 12.3. The summed E-state index contributed by atoms with van der Waals surface area (Å²) in [6, 6.07) is 7.31. The smallest absolute Gasteiger partial charge is 0.330 e. The highest BCUT2D eigenvalue weighted by atomic mass is 16.5. The highest BCUT2D eigenvalue weighted by molar-refractivity contribution is 5.98. The summed E-state index contributed by atoms with van der Waals surface area (Å²) in [5.74, 6) is -0.798. The molecule has 0 bridgehead atoms. The van der Waals surface area contributed by atoms with E-state index >= 15 is 0 Å². The number of rotatable bonds is 4. The standard InChI is InChI=1S/C18H22N2O3/c1-18(2,17(22)23-3)20-16(21)14-6-4-12(5-7-14)13-8-10-15(19)11-9-13/h4-8,10H,9,11,19H2,1-3H3,(H,20,21). The average Bonchev–Trinajstić information content (AvgIpc) is 2.54. The molecule has 0 spiro atoms. The zero-order valence-electron chi connectivity index (χ0n) is 13.7. The first-order valence-corrected chi connectivity index (χ1v) is 7.50. The molecule has 5 heteroatoms. The van der Waals surface area contributed by atoms with Crippen LogP contribution in [0.2, 0.25) is 0 Å². The van der Waals surface area contributed by atoms with E-state index in [1.54, 1.807) is 26.0 Å². The first kappa shape index (κ1) is 16.8. The van der Waals surface area contributed by atoms with Crippen LogP contribution >= 0.6 is 0 Å². The van der Waals surface area contributed by atoms with Crippen LogP contribution < -0.4 is 11.1 Å². The number of carbonyl (C=O) groups excluding carboxylic acids is 2. The van der Waals surface area contributed by atoms with Crippen LogP contribution in [-0.4, -0.2) is 24.5 Å². The van der Waals surface area contributed by atoms with Gasteiger partial charge in [0.2, 0.25) is 0 Å². The number of hydrogen-bond donors (Lipinski definition) is 2. The van der Waals surface area contributed by atoms with E-state index in [1.165, 1.54) is 12.7 Å². The van der Waals surface area contributed by atoms with E-state index in [0.29, 0.717) is 5.56 Å². The third-order valence-corrected chi connectivity index (χ3v) is 3.82. The molecule has 0 saturated heterocycles. The van der Waals surface area contributed by atoms with Gasteiger partial charge in [-0.05, 0) is 56.0 Å². The second-order valence-corrected chi connectivity index (χ2v) is 6.08. The topological polar surface area (TPSA) is 81.4 Å². The van der Waals surface area contributed by atoms with Gasteiger partial charge < -0.3 is 15.8 Å². The Kier molecular flexibility index (Phi) is 4.89. The van der Waals surface area contributed by atoms with E-state index in [9.17, 15) is 9.59 Å². The van der Waals surface area contributed by atoms with Gasteiger partial charge in [0, 0.05) is 11.3 Å². The van der Waals surface area contributed by atoms with Crippen molar-refractivity contribution in [1.29, 1.82) is 0 Å². The molecule has 0 aromatic heterocycles. The van der Waals surface area contributed by atoms with Gasteiger partial charge in [-0.15, -0.1) is 0 Å². The molecular formula is C18H22N2O3. The molecule has 3 N–H and O–H groups in total. The van der Waals surface area contributed by atoms with Gasteiger partial charge in [0.15, 0.2) is 0 Å². The molecule has 0 heterocycles. The quantitative estimate of drug-likeness (QED) is 0.836. The molecule has 23 heavy (non-hydrogen) atoms. The molecule has 0 aliphatic heterocycles. The fourth-order valence-corrected chi connectivity index (χ4v) is 2.39. The van der Waals surface area contributed by atoms with Crippen molar-refractivity contribution in [3.05, 3.63) is 53.2 Å². The number of allylic oxidation sites excluding steroid dienone is 4. The fourth-order valence-electron chi connectivity index (χ4n) is 2.39. The van der Waals surface area contributed by atoms with Crippen molar-refractivity contribution in [2.75, 3.05) is 7.11 Å². The summed E-state index contributed by atoms with van der Waals surface area (Å²) in [5, 5.41) is 2.67. The van der Waals surface area contributed by atoms with Crippen molar-refractivity contribution in [3.63, 3.8) is 0 Å². The Morgan fingerprint density at radius 3 is 2.30 bits per heavy atom. The van der Waals surface area contributed by atoms with Crippen molar-refractivity contribution < 1.29 is 14.3 Å². The molecule has 0 saturated carbocycles. The average molecular weight is 314 g/mol. The Morgan fingerprint density at radius 2 is 1.78 bits per heavy atom. The van der Waals surface area contributed by atoms with E-state index in [0.717, 1.165) is 24.1 Å². The second kappa shape index (κ2) is 6.69. The number of hydrogen-bond acceptors (Lipinski definition) is 4. The first-order valence-electron chi connectivity index (χ1n) is 7.50. The Hall–Kier alpha value is -2.56. The van der Waals surface area contributed by atoms with Gasteiger partial charge in [-0.25, -0.2) is 4.79 Å². The Balaban J connectivity index is 2.11. The summed E-state index contributed by atoms with van der Waals surface area (Å²) < 4.78 is 4.68. The number of benzene rings is 1. The van der Waals surface area contributed by atoms with Crippen molar-refractivity contribution >= 4 is 17.4 Å². The minimum Gasteiger partial charge on any atom is -0.467 e. The molecule has 1 amide bonds. The van der Waals surface area contributed by atoms with Gasteiger partial charge in [0.25, 0.3) is 5.91 Å². The predicted octanol–water partition coefficient (Wildman–Crippen LogP) is 2.39. The minimum atomic E-state index is -1.07. The lowest BCUT2D eigenvalue weighted by atomic mass is 9.95. The van der Waals surface area contributed by atoms with Gasteiger partial charge in [0.1, 0.15) is 5.54 Å². The lowest BCUT2D eigenvalue weighted by molar-refractivity contribution is -0.146. The molecule has 1 aromatic rings. The monoisotopic (exact) mass is 314 g/mol. The number of carbonyl (C=O) groups is 2. The number of nitrogens with two attached hydrogens (primary N) is 1. The van der Waals surface area contributed by atoms with E-state index in [-0.39, 0.29) is 5.91 Å². The molecule has 1 aliphatic rings. The molecule has 122 valence electrons. The molecule has 5 nitrogen and oxygen atoms in total. The van der Waals surface area contributed by atoms with Gasteiger partial charge in [-0.2, -0.15) is 0 Å². The summed E-state index contributed by atoms with van der Waals surface area (Å²) in [6.07, 6.45) is 5.66. The molecule has 0 unspecified atom stereocenters. The van der Waals surface area contributed by atoms with Crippen LogP contribution in [0.5, 0.6) is 0 Å². The van der Waals surface area contributed by atoms with Gasteiger partial charge in [-0.3, -0.25) is 4.79 Å². The second-order valence-electron chi connectivity index (χ2n) is 6.08. The molecular weight excluding hydrogens is 292 g/mol. The van der Waals surface area contributed by atoms with E-state index in [4.69, 9.17) is 5.73 Å². The predicted molar refractivity (Wildman–Crippen MR) is 89.5 cm³/mol.